The summed E-state index contributed by atoms with van der Waals surface area (Å²) in [5.74, 6) is 0.613. The van der Waals surface area contributed by atoms with Gasteiger partial charge in [-0.15, -0.1) is 11.3 Å². The van der Waals surface area contributed by atoms with Gasteiger partial charge in [0.2, 0.25) is 5.91 Å². The molecule has 1 amide bonds. The predicted molar refractivity (Wildman–Crippen MR) is 81.9 cm³/mol. The lowest BCUT2D eigenvalue weighted by Gasteiger charge is -2.07. The Kier molecular flexibility index (Phi) is 5.07. The zero-order chi connectivity index (χ0) is 13.7. The molecule has 0 aliphatic rings. The van der Waals surface area contributed by atoms with Gasteiger partial charge in [-0.1, -0.05) is 23.4 Å². The molecule has 100 valence electrons. The third-order valence-electron chi connectivity index (χ3n) is 2.23. The number of carbonyl (C=O) groups is 1. The third kappa shape index (κ3) is 4.41. The number of halogens is 1. The van der Waals surface area contributed by atoms with E-state index >= 15 is 0 Å². The van der Waals surface area contributed by atoms with Crippen molar-refractivity contribution < 1.29 is 4.79 Å². The lowest BCUT2D eigenvalue weighted by atomic mass is 10.3. The van der Waals surface area contributed by atoms with Crippen molar-refractivity contribution >= 4 is 52.0 Å². The number of carbonyl (C=O) groups excluding carboxylic acids is 1. The number of hydrogen-bond donors (Lipinski definition) is 2. The number of rotatable bonds is 5. The Hall–Kier alpha value is -1.24. The molecule has 0 radical (unpaired) electrons. The first-order valence-electron chi connectivity index (χ1n) is 5.52. The number of amides is 1. The largest absolute Gasteiger partial charge is 0.399 e. The Morgan fingerprint density at radius 1 is 1.53 bits per heavy atom. The van der Waals surface area contributed by atoms with Crippen LogP contribution in [0.15, 0.2) is 34.1 Å². The van der Waals surface area contributed by atoms with Crippen LogP contribution in [-0.4, -0.2) is 16.6 Å². The van der Waals surface area contributed by atoms with Crippen LogP contribution < -0.4 is 11.1 Å². The number of nitrogens with two attached hydrogens (primary N) is 1. The maximum Gasteiger partial charge on any atom is 0.225 e. The molecule has 0 aliphatic carbocycles. The van der Waals surface area contributed by atoms with Gasteiger partial charge in [0.25, 0.3) is 0 Å². The molecule has 0 bridgehead atoms. The molecule has 0 spiro atoms. The van der Waals surface area contributed by atoms with Crippen LogP contribution in [0.25, 0.3) is 0 Å². The highest BCUT2D eigenvalue weighted by molar-refractivity contribution is 8.01. The van der Waals surface area contributed by atoms with Crippen molar-refractivity contribution in [3.63, 3.8) is 0 Å². The highest BCUT2D eigenvalue weighted by Gasteiger charge is 2.07. The summed E-state index contributed by atoms with van der Waals surface area (Å²) in [6, 6.07) is 5.01. The first-order valence-corrected chi connectivity index (χ1v) is 7.76. The van der Waals surface area contributed by atoms with Gasteiger partial charge in [-0.3, -0.25) is 4.79 Å². The molecule has 2 rings (SSSR count). The Bertz CT molecular complexity index is 560. The Morgan fingerprint density at radius 3 is 3.05 bits per heavy atom. The van der Waals surface area contributed by atoms with Crippen molar-refractivity contribution in [3.05, 3.63) is 34.8 Å². The smallest absolute Gasteiger partial charge is 0.225 e. The zero-order valence-electron chi connectivity index (χ0n) is 9.93. The molecule has 0 fully saturated rings. The van der Waals surface area contributed by atoms with Crippen molar-refractivity contribution in [1.29, 1.82) is 0 Å². The topological polar surface area (TPSA) is 68.0 Å². The molecule has 19 heavy (non-hydrogen) atoms. The van der Waals surface area contributed by atoms with E-state index in [1.54, 1.807) is 47.5 Å². The second kappa shape index (κ2) is 6.79. The van der Waals surface area contributed by atoms with Crippen LogP contribution in [-0.2, 0) is 4.79 Å². The van der Waals surface area contributed by atoms with Gasteiger partial charge in [0.05, 0.1) is 10.7 Å². The standard InChI is InChI=1S/C12H12ClN3OS2/c13-9-7-8(14)1-2-10(9)16-11(17)3-5-18-12-15-4-6-19-12/h1-2,4,6-7H,3,5,14H2,(H,16,17). The van der Waals surface area contributed by atoms with E-state index in [9.17, 15) is 4.79 Å². The van der Waals surface area contributed by atoms with Gasteiger partial charge in [-0.25, -0.2) is 4.98 Å². The lowest BCUT2D eigenvalue weighted by molar-refractivity contribution is -0.115. The minimum atomic E-state index is -0.0734. The van der Waals surface area contributed by atoms with Crippen molar-refractivity contribution in [3.8, 4) is 0 Å². The molecule has 1 aromatic carbocycles. The van der Waals surface area contributed by atoms with Crippen molar-refractivity contribution in [2.75, 3.05) is 16.8 Å². The van der Waals surface area contributed by atoms with Crippen molar-refractivity contribution in [2.45, 2.75) is 10.8 Å². The van der Waals surface area contributed by atoms with Crippen LogP contribution in [0.5, 0.6) is 0 Å². The van der Waals surface area contributed by atoms with E-state index in [0.717, 1.165) is 4.34 Å². The van der Waals surface area contributed by atoms with Gasteiger partial charge in [0.15, 0.2) is 0 Å². The number of benzene rings is 1. The van der Waals surface area contributed by atoms with Crippen LogP contribution in [0, 0.1) is 0 Å². The van der Waals surface area contributed by atoms with Gasteiger partial charge in [0, 0.05) is 29.4 Å². The maximum absolute atomic E-state index is 11.7. The molecule has 3 N–H and O–H groups in total. The molecule has 4 nitrogen and oxygen atoms in total. The summed E-state index contributed by atoms with van der Waals surface area (Å²) in [4.78, 5) is 15.9. The Morgan fingerprint density at radius 2 is 2.37 bits per heavy atom. The average Bonchev–Trinajstić information content (AvgIpc) is 2.86. The Labute approximate surface area is 124 Å². The highest BCUT2D eigenvalue weighted by Crippen LogP contribution is 2.25. The second-order valence-corrected chi connectivity index (χ2v) is 6.33. The first kappa shape index (κ1) is 14.2. The van der Waals surface area contributed by atoms with E-state index in [2.05, 4.69) is 10.3 Å². The van der Waals surface area contributed by atoms with Crippen LogP contribution in [0.1, 0.15) is 6.42 Å². The van der Waals surface area contributed by atoms with Gasteiger partial charge < -0.3 is 11.1 Å². The molecule has 1 aromatic heterocycles. The minimum Gasteiger partial charge on any atom is -0.399 e. The monoisotopic (exact) mass is 313 g/mol. The summed E-state index contributed by atoms with van der Waals surface area (Å²) in [5, 5.41) is 5.12. The van der Waals surface area contributed by atoms with E-state index in [1.165, 1.54) is 0 Å². The predicted octanol–water partition coefficient (Wildman–Crippen LogP) is 3.50. The van der Waals surface area contributed by atoms with E-state index < -0.39 is 0 Å². The molecule has 0 saturated heterocycles. The quantitative estimate of drug-likeness (QED) is 0.655. The van der Waals surface area contributed by atoms with E-state index in [0.29, 0.717) is 28.6 Å². The number of nitrogen functional groups attached to an aromatic ring is 1. The molecular weight excluding hydrogens is 302 g/mol. The summed E-state index contributed by atoms with van der Waals surface area (Å²) in [6.07, 6.45) is 2.16. The fourth-order valence-corrected chi connectivity index (χ4v) is 3.24. The number of thiazole rings is 1. The highest BCUT2D eigenvalue weighted by atomic mass is 35.5. The van der Waals surface area contributed by atoms with Crippen LogP contribution in [0.3, 0.4) is 0 Å². The SMILES string of the molecule is Nc1ccc(NC(=O)CCSc2nccs2)c(Cl)c1. The molecule has 0 saturated carbocycles. The van der Waals surface area contributed by atoms with Gasteiger partial charge >= 0.3 is 0 Å². The summed E-state index contributed by atoms with van der Waals surface area (Å²) in [7, 11) is 0. The summed E-state index contributed by atoms with van der Waals surface area (Å²) in [5.41, 5.74) is 6.74. The van der Waals surface area contributed by atoms with Gasteiger partial charge in [0.1, 0.15) is 4.34 Å². The molecule has 1 heterocycles. The van der Waals surface area contributed by atoms with E-state index in [-0.39, 0.29) is 5.91 Å². The summed E-state index contributed by atoms with van der Waals surface area (Å²) < 4.78 is 0.971. The first-order chi connectivity index (χ1) is 9.15. The maximum atomic E-state index is 11.7. The van der Waals surface area contributed by atoms with Crippen LogP contribution >= 0.6 is 34.7 Å². The van der Waals surface area contributed by atoms with Gasteiger partial charge in [-0.2, -0.15) is 0 Å². The summed E-state index contributed by atoms with van der Waals surface area (Å²) >= 11 is 9.11. The number of hydrogen-bond acceptors (Lipinski definition) is 5. The van der Waals surface area contributed by atoms with Crippen molar-refractivity contribution in [2.24, 2.45) is 0 Å². The normalized spacial score (nSPS) is 10.4. The number of nitrogens with one attached hydrogen (secondary N) is 1. The fourth-order valence-electron chi connectivity index (χ4n) is 1.36. The number of nitrogens with zero attached hydrogens (tertiary/aromatic N) is 1. The van der Waals surface area contributed by atoms with Crippen LogP contribution in [0.2, 0.25) is 5.02 Å². The molecule has 2 aromatic rings. The molecule has 0 unspecified atom stereocenters. The lowest BCUT2D eigenvalue weighted by Crippen LogP contribution is -2.12. The molecular formula is C12H12ClN3OS2. The number of anilines is 2. The van der Waals surface area contributed by atoms with Crippen molar-refractivity contribution in [1.82, 2.24) is 4.98 Å². The second-order valence-electron chi connectivity index (χ2n) is 3.68. The zero-order valence-corrected chi connectivity index (χ0v) is 12.3. The van der Waals surface area contributed by atoms with E-state index in [4.69, 9.17) is 17.3 Å². The third-order valence-corrected chi connectivity index (χ3v) is 4.51. The van der Waals surface area contributed by atoms with Gasteiger partial charge in [-0.05, 0) is 18.2 Å². The number of aromatic nitrogens is 1. The Balaban J connectivity index is 1.80. The molecule has 0 aliphatic heterocycles. The minimum absolute atomic E-state index is 0.0734. The van der Waals surface area contributed by atoms with Crippen LogP contribution in [0.4, 0.5) is 11.4 Å². The number of thioether (sulfide) groups is 1. The molecule has 0 atom stereocenters. The van der Waals surface area contributed by atoms with E-state index in [1.807, 2.05) is 5.38 Å². The average molecular weight is 314 g/mol. The molecule has 7 heteroatoms. The fraction of sp³-hybridized carbons (Fsp3) is 0.167. The summed E-state index contributed by atoms with van der Waals surface area (Å²) in [6.45, 7) is 0.